The average Bonchev–Trinajstić information content (AvgIpc) is 2.53. The maximum atomic E-state index is 10.8. The van der Waals surface area contributed by atoms with Crippen LogP contribution in [0.15, 0.2) is 24.3 Å². The Kier molecular flexibility index (Phi) is 10.5. The van der Waals surface area contributed by atoms with E-state index in [9.17, 15) is 4.79 Å². The Labute approximate surface area is 129 Å². The lowest BCUT2D eigenvalue weighted by atomic mass is 10.1. The van der Waals surface area contributed by atoms with Crippen molar-refractivity contribution in [1.29, 1.82) is 0 Å². The molecule has 0 aromatic heterocycles. The first-order valence-electron chi connectivity index (χ1n) is 8.55. The van der Waals surface area contributed by atoms with Crippen molar-refractivity contribution in [2.24, 2.45) is 0 Å². The van der Waals surface area contributed by atoms with E-state index in [0.717, 1.165) is 12.7 Å². The monoisotopic (exact) mass is 290 g/mol. The fourth-order valence-electron chi connectivity index (χ4n) is 2.48. The van der Waals surface area contributed by atoms with E-state index < -0.39 is 0 Å². The van der Waals surface area contributed by atoms with Crippen LogP contribution in [0.3, 0.4) is 0 Å². The number of rotatable bonds is 13. The van der Waals surface area contributed by atoms with Crippen LogP contribution in [-0.2, 0) is 0 Å². The third-order valence-corrected chi connectivity index (χ3v) is 3.80. The van der Waals surface area contributed by atoms with E-state index in [1.54, 1.807) is 6.07 Å². The second kappa shape index (κ2) is 12.4. The zero-order chi connectivity index (χ0) is 15.2. The van der Waals surface area contributed by atoms with Gasteiger partial charge in [-0.25, -0.2) is 0 Å². The third-order valence-electron chi connectivity index (χ3n) is 3.80. The van der Waals surface area contributed by atoms with Crippen molar-refractivity contribution in [3.05, 3.63) is 29.8 Å². The van der Waals surface area contributed by atoms with Crippen molar-refractivity contribution in [2.75, 3.05) is 6.61 Å². The highest BCUT2D eigenvalue weighted by molar-refractivity contribution is 5.79. The van der Waals surface area contributed by atoms with Crippen molar-refractivity contribution >= 4 is 6.29 Å². The molecule has 2 nitrogen and oxygen atoms in total. The third kappa shape index (κ3) is 8.54. The first kappa shape index (κ1) is 17.7. The summed E-state index contributed by atoms with van der Waals surface area (Å²) in [5.41, 5.74) is 0.643. The van der Waals surface area contributed by atoms with Crippen LogP contribution in [0.5, 0.6) is 5.75 Å². The maximum Gasteiger partial charge on any atom is 0.153 e. The number of ether oxygens (including phenoxy) is 1. The fraction of sp³-hybridized carbons (Fsp3) is 0.632. The molecule has 1 aromatic rings. The molecule has 0 aliphatic rings. The Balaban J connectivity index is 1.94. The van der Waals surface area contributed by atoms with Gasteiger partial charge in [0.2, 0.25) is 0 Å². The summed E-state index contributed by atoms with van der Waals surface area (Å²) in [6.07, 6.45) is 14.1. The number of hydrogen-bond donors (Lipinski definition) is 0. The van der Waals surface area contributed by atoms with Crippen LogP contribution in [0, 0.1) is 0 Å². The number of hydrogen-bond acceptors (Lipinski definition) is 2. The van der Waals surface area contributed by atoms with E-state index in [1.807, 2.05) is 18.2 Å². The number of para-hydroxylation sites is 1. The Morgan fingerprint density at radius 1 is 0.857 bits per heavy atom. The zero-order valence-electron chi connectivity index (χ0n) is 13.5. The van der Waals surface area contributed by atoms with Gasteiger partial charge < -0.3 is 4.74 Å². The van der Waals surface area contributed by atoms with Gasteiger partial charge in [-0.3, -0.25) is 4.79 Å². The lowest BCUT2D eigenvalue weighted by Gasteiger charge is -2.08. The van der Waals surface area contributed by atoms with E-state index in [-0.39, 0.29) is 0 Å². The highest BCUT2D eigenvalue weighted by Crippen LogP contribution is 2.16. The molecule has 2 heteroatoms. The molecule has 0 atom stereocenters. The molecule has 1 rings (SSSR count). The van der Waals surface area contributed by atoms with Gasteiger partial charge >= 0.3 is 0 Å². The highest BCUT2D eigenvalue weighted by Gasteiger charge is 2.00. The summed E-state index contributed by atoms with van der Waals surface area (Å²) in [6.45, 7) is 2.97. The SMILES string of the molecule is CCCCCCCCCCCCOc1ccccc1C=O. The summed E-state index contributed by atoms with van der Waals surface area (Å²) in [7, 11) is 0. The summed E-state index contributed by atoms with van der Waals surface area (Å²) in [6, 6.07) is 7.42. The summed E-state index contributed by atoms with van der Waals surface area (Å²) >= 11 is 0. The van der Waals surface area contributed by atoms with Crippen LogP contribution in [-0.4, -0.2) is 12.9 Å². The summed E-state index contributed by atoms with van der Waals surface area (Å²) in [4.78, 5) is 10.8. The Morgan fingerprint density at radius 3 is 2.05 bits per heavy atom. The molecule has 0 aliphatic carbocycles. The quantitative estimate of drug-likeness (QED) is 0.339. The molecular formula is C19H30O2. The van der Waals surface area contributed by atoms with Crippen molar-refractivity contribution < 1.29 is 9.53 Å². The van der Waals surface area contributed by atoms with Crippen molar-refractivity contribution in [3.63, 3.8) is 0 Å². The van der Waals surface area contributed by atoms with Crippen LogP contribution in [0.25, 0.3) is 0 Å². The fourth-order valence-corrected chi connectivity index (χ4v) is 2.48. The van der Waals surface area contributed by atoms with Crippen LogP contribution in [0.4, 0.5) is 0 Å². The standard InChI is InChI=1S/C19H30O2/c1-2-3-4-5-6-7-8-9-10-13-16-21-19-15-12-11-14-18(19)17-20/h11-12,14-15,17H,2-10,13,16H2,1H3. The van der Waals surface area contributed by atoms with Gasteiger partial charge in [-0.05, 0) is 18.6 Å². The van der Waals surface area contributed by atoms with Gasteiger partial charge in [-0.2, -0.15) is 0 Å². The van der Waals surface area contributed by atoms with Crippen LogP contribution >= 0.6 is 0 Å². The minimum absolute atomic E-state index is 0.643. The van der Waals surface area contributed by atoms with Crippen molar-refractivity contribution in [2.45, 2.75) is 71.1 Å². The van der Waals surface area contributed by atoms with Crippen LogP contribution < -0.4 is 4.74 Å². The van der Waals surface area contributed by atoms with Gasteiger partial charge in [0.1, 0.15) is 5.75 Å². The molecule has 0 N–H and O–H groups in total. The van der Waals surface area contributed by atoms with E-state index >= 15 is 0 Å². The highest BCUT2D eigenvalue weighted by atomic mass is 16.5. The molecule has 21 heavy (non-hydrogen) atoms. The number of unbranched alkanes of at least 4 members (excludes halogenated alkanes) is 9. The van der Waals surface area contributed by atoms with Gasteiger partial charge in [0.05, 0.1) is 12.2 Å². The van der Waals surface area contributed by atoms with E-state index in [2.05, 4.69) is 6.92 Å². The molecule has 0 amide bonds. The van der Waals surface area contributed by atoms with E-state index in [4.69, 9.17) is 4.74 Å². The second-order valence-corrected chi connectivity index (χ2v) is 5.69. The van der Waals surface area contributed by atoms with Gasteiger partial charge in [-0.15, -0.1) is 0 Å². The Bertz CT molecular complexity index is 374. The molecule has 0 saturated carbocycles. The first-order valence-corrected chi connectivity index (χ1v) is 8.55. The van der Waals surface area contributed by atoms with Crippen molar-refractivity contribution in [3.8, 4) is 5.75 Å². The average molecular weight is 290 g/mol. The lowest BCUT2D eigenvalue weighted by Crippen LogP contribution is -1.99. The number of benzene rings is 1. The van der Waals surface area contributed by atoms with Gasteiger partial charge in [-0.1, -0.05) is 76.8 Å². The predicted molar refractivity (Wildman–Crippen MR) is 89.2 cm³/mol. The van der Waals surface area contributed by atoms with E-state index in [1.165, 1.54) is 57.8 Å². The largest absolute Gasteiger partial charge is 0.493 e. The minimum atomic E-state index is 0.643. The predicted octanol–water partition coefficient (Wildman–Crippen LogP) is 5.80. The Hall–Kier alpha value is -1.31. The molecular weight excluding hydrogens is 260 g/mol. The molecule has 0 radical (unpaired) electrons. The molecule has 0 heterocycles. The van der Waals surface area contributed by atoms with Crippen LogP contribution in [0.1, 0.15) is 81.5 Å². The minimum Gasteiger partial charge on any atom is -0.493 e. The summed E-state index contributed by atoms with van der Waals surface area (Å²) < 4.78 is 5.67. The smallest absolute Gasteiger partial charge is 0.153 e. The van der Waals surface area contributed by atoms with Gasteiger partial charge in [0.15, 0.2) is 6.29 Å². The van der Waals surface area contributed by atoms with E-state index in [0.29, 0.717) is 17.9 Å². The summed E-state index contributed by atoms with van der Waals surface area (Å²) in [5, 5.41) is 0. The maximum absolute atomic E-state index is 10.8. The molecule has 118 valence electrons. The molecule has 0 spiro atoms. The summed E-state index contributed by atoms with van der Waals surface area (Å²) in [5.74, 6) is 0.712. The topological polar surface area (TPSA) is 26.3 Å². The normalized spacial score (nSPS) is 10.5. The van der Waals surface area contributed by atoms with Crippen molar-refractivity contribution in [1.82, 2.24) is 0 Å². The number of carbonyl (C=O) groups is 1. The van der Waals surface area contributed by atoms with Crippen LogP contribution in [0.2, 0.25) is 0 Å². The van der Waals surface area contributed by atoms with Gasteiger partial charge in [0.25, 0.3) is 0 Å². The first-order chi connectivity index (χ1) is 10.4. The molecule has 0 bridgehead atoms. The molecule has 0 fully saturated rings. The number of carbonyl (C=O) groups excluding carboxylic acids is 1. The molecule has 0 unspecified atom stereocenters. The zero-order valence-corrected chi connectivity index (χ0v) is 13.5. The molecule has 0 aliphatic heterocycles. The Morgan fingerprint density at radius 2 is 1.43 bits per heavy atom. The second-order valence-electron chi connectivity index (χ2n) is 5.69. The number of aldehydes is 1. The molecule has 0 saturated heterocycles. The lowest BCUT2D eigenvalue weighted by molar-refractivity contribution is 0.111. The van der Waals surface area contributed by atoms with Gasteiger partial charge in [0, 0.05) is 0 Å². The molecule has 1 aromatic carbocycles.